The van der Waals surface area contributed by atoms with Crippen LogP contribution in [0.4, 0.5) is 10.5 Å². The summed E-state index contributed by atoms with van der Waals surface area (Å²) in [7, 11) is 5.93. The molecular weight excluding hydrogens is 696 g/mol. The van der Waals surface area contributed by atoms with Crippen molar-refractivity contribution in [2.45, 2.75) is 102 Å². The van der Waals surface area contributed by atoms with Gasteiger partial charge in [0.2, 0.25) is 11.8 Å². The van der Waals surface area contributed by atoms with E-state index in [0.29, 0.717) is 30.8 Å². The Balaban J connectivity index is 2.12. The zero-order valence-electron chi connectivity index (χ0n) is 31.6. The molecule has 0 saturated carbocycles. The molecule has 3 amide bonds. The number of methoxy groups -OCH3 is 2. The fraction of sp³-hybridized carbons (Fsp3) is 0.622. The van der Waals surface area contributed by atoms with Gasteiger partial charge in [-0.3, -0.25) is 14.9 Å². The molecule has 1 fully saturated rings. The molecule has 1 aromatic carbocycles. The number of rotatable bonds is 9. The van der Waals surface area contributed by atoms with Gasteiger partial charge in [-0.05, 0) is 69.7 Å². The lowest BCUT2D eigenvalue weighted by Crippen LogP contribution is -2.57. The number of esters is 1. The maximum Gasteiger partial charge on any atom is 0.406 e. The van der Waals surface area contributed by atoms with Gasteiger partial charge in [0.05, 0.1) is 25.3 Å². The Labute approximate surface area is 311 Å². The molecule has 290 valence electrons. The minimum atomic E-state index is -2.03. The summed E-state index contributed by atoms with van der Waals surface area (Å²) in [6.07, 6.45) is 1.61. The highest BCUT2D eigenvalue weighted by molar-refractivity contribution is 6.35. The minimum absolute atomic E-state index is 0.0645. The lowest BCUT2D eigenvalue weighted by molar-refractivity contribution is -0.162. The number of likely N-dealkylation sites (N-methyl/N-ethyl adjacent to an activating group) is 1. The topological polar surface area (TPSA) is 193 Å². The Morgan fingerprint density at radius 1 is 1.25 bits per heavy atom. The predicted octanol–water partition coefficient (Wildman–Crippen LogP) is 4.05. The number of carboxylic acid groups (broad SMARTS) is 1. The van der Waals surface area contributed by atoms with Gasteiger partial charge >= 0.3 is 12.1 Å². The van der Waals surface area contributed by atoms with Gasteiger partial charge in [-0.2, -0.15) is 0 Å². The third-order valence-electron chi connectivity index (χ3n) is 10.3. The molecule has 0 aliphatic carbocycles. The molecule has 0 unspecified atom stereocenters. The Morgan fingerprint density at radius 2 is 1.92 bits per heavy atom. The van der Waals surface area contributed by atoms with Crippen LogP contribution in [-0.4, -0.2) is 110 Å². The highest BCUT2D eigenvalue weighted by Gasteiger charge is 2.63. The quantitative estimate of drug-likeness (QED) is 0.162. The molecule has 52 heavy (non-hydrogen) atoms. The Morgan fingerprint density at radius 3 is 2.52 bits per heavy atom. The summed E-state index contributed by atoms with van der Waals surface area (Å²) < 4.78 is 23.5. The molecule has 15 heteroatoms. The number of anilines is 1. The van der Waals surface area contributed by atoms with E-state index in [1.165, 1.54) is 31.1 Å². The van der Waals surface area contributed by atoms with E-state index in [9.17, 15) is 29.4 Å². The summed E-state index contributed by atoms with van der Waals surface area (Å²) in [5.41, 5.74) is 4.43. The van der Waals surface area contributed by atoms with Gasteiger partial charge in [-0.1, -0.05) is 49.2 Å². The summed E-state index contributed by atoms with van der Waals surface area (Å²) in [6.45, 7) is 9.23. The van der Waals surface area contributed by atoms with E-state index >= 15 is 0 Å². The van der Waals surface area contributed by atoms with E-state index in [0.717, 1.165) is 11.1 Å². The summed E-state index contributed by atoms with van der Waals surface area (Å²) in [5.74, 6) is -1.78. The second kappa shape index (κ2) is 17.9. The Bertz CT molecular complexity index is 1540. The molecule has 1 saturated heterocycles. The normalized spacial score (nSPS) is 30.6. The lowest BCUT2D eigenvalue weighted by atomic mass is 9.80. The van der Waals surface area contributed by atoms with Gasteiger partial charge in [-0.25, -0.2) is 9.59 Å². The zero-order chi connectivity index (χ0) is 39.1. The minimum Gasteiger partial charge on any atom is -0.495 e. The standard InChI is InChI=1S/C37H55ClN4O10/c1-21-12-10-13-28(50-9)37(48,40-35(46)47)20-22(2)23(3)33-36(5,52-33)29(51-34(45)24(4)41(6)30(43)14-11-15-39)19-31(44)42(7)26-17-25(16-21)18-27(49-8)32(26)38/h10,12-13,17-18,22-24,28-29,33,40,48H,11,14-16,19-20,39H2,1-9H3,(H,46,47)/b13-10+,21-12+/t22-,23+,24-,28+,29-,33-,36-,37-/m0/s1. The number of carbonyl (C=O) groups is 4. The number of aliphatic hydroxyl groups is 1. The van der Waals surface area contributed by atoms with Gasteiger partial charge in [0.25, 0.3) is 0 Å². The summed E-state index contributed by atoms with van der Waals surface area (Å²) in [6, 6.07) is 2.57. The van der Waals surface area contributed by atoms with E-state index in [1.807, 2.05) is 26.8 Å². The average Bonchev–Trinajstić information content (AvgIpc) is 3.78. The number of fused-ring (bicyclic) bond motifs is 3. The molecule has 2 aliphatic heterocycles. The van der Waals surface area contributed by atoms with Gasteiger partial charge in [0.15, 0.2) is 5.72 Å². The van der Waals surface area contributed by atoms with Gasteiger partial charge in [0.1, 0.15) is 34.6 Å². The fourth-order valence-electron chi connectivity index (χ4n) is 6.63. The summed E-state index contributed by atoms with van der Waals surface area (Å²) in [4.78, 5) is 55.0. The summed E-state index contributed by atoms with van der Waals surface area (Å²) in [5, 5.41) is 23.9. The van der Waals surface area contributed by atoms with Gasteiger partial charge < -0.3 is 44.7 Å². The first-order valence-electron chi connectivity index (χ1n) is 17.4. The number of ether oxygens (including phenoxy) is 4. The van der Waals surface area contributed by atoms with Crippen LogP contribution in [-0.2, 0) is 35.0 Å². The van der Waals surface area contributed by atoms with Crippen LogP contribution < -0.4 is 20.7 Å². The molecular formula is C37H55ClN4O10. The maximum absolute atomic E-state index is 14.1. The second-order valence-electron chi connectivity index (χ2n) is 14.1. The lowest BCUT2D eigenvalue weighted by Gasteiger charge is -2.37. The van der Waals surface area contributed by atoms with E-state index in [-0.39, 0.29) is 42.0 Å². The van der Waals surface area contributed by atoms with Crippen molar-refractivity contribution in [3.8, 4) is 5.75 Å². The van der Waals surface area contributed by atoms with Crippen LogP contribution in [0.15, 0.2) is 35.9 Å². The first-order valence-corrected chi connectivity index (χ1v) is 17.8. The van der Waals surface area contributed by atoms with Crippen molar-refractivity contribution in [1.82, 2.24) is 10.2 Å². The second-order valence-corrected chi connectivity index (χ2v) is 14.5. The van der Waals surface area contributed by atoms with Crippen LogP contribution in [0, 0.1) is 11.8 Å². The zero-order valence-corrected chi connectivity index (χ0v) is 32.4. The van der Waals surface area contributed by atoms with Crippen LogP contribution in [0.2, 0.25) is 5.02 Å². The highest BCUT2D eigenvalue weighted by Crippen LogP contribution is 2.49. The van der Waals surface area contributed by atoms with Crippen molar-refractivity contribution < 1.29 is 48.3 Å². The molecule has 2 bridgehead atoms. The number of epoxide rings is 1. The van der Waals surface area contributed by atoms with Crippen LogP contribution in [0.3, 0.4) is 0 Å². The number of hydrogen-bond acceptors (Lipinski definition) is 10. The molecule has 0 spiro atoms. The first kappa shape index (κ1) is 42.7. The smallest absolute Gasteiger partial charge is 0.406 e. The van der Waals surface area contributed by atoms with Crippen molar-refractivity contribution in [2.75, 3.05) is 39.8 Å². The van der Waals surface area contributed by atoms with Crippen molar-refractivity contribution in [2.24, 2.45) is 17.6 Å². The number of benzene rings is 1. The Hall–Kier alpha value is -3.69. The SMILES string of the molecule is COc1cc2cc(c1Cl)N(C)C(=O)C[C@H](OC(=O)[C@H](C)N(C)C(=O)CCCN)[C@]1(C)O[C@H]1[C@H](C)[C@@H](C)C[C@@](O)(NC(=O)O)[C@H](OC)/C=C/C=C(\C)C2. The number of nitrogens with two attached hydrogens (primary N) is 1. The largest absolute Gasteiger partial charge is 0.495 e. The van der Waals surface area contributed by atoms with E-state index in [1.54, 1.807) is 45.2 Å². The van der Waals surface area contributed by atoms with Crippen molar-refractivity contribution in [1.29, 1.82) is 0 Å². The van der Waals surface area contributed by atoms with Crippen LogP contribution in [0.5, 0.6) is 5.75 Å². The number of nitrogens with zero attached hydrogens (tertiary/aromatic N) is 2. The van der Waals surface area contributed by atoms with Crippen LogP contribution in [0.1, 0.15) is 65.9 Å². The summed E-state index contributed by atoms with van der Waals surface area (Å²) >= 11 is 6.74. The molecule has 1 aromatic rings. The van der Waals surface area contributed by atoms with Crippen LogP contribution >= 0.6 is 11.6 Å². The molecule has 2 aliphatic rings. The van der Waals surface area contributed by atoms with Gasteiger partial charge in [-0.15, -0.1) is 0 Å². The van der Waals surface area contributed by atoms with Crippen molar-refractivity contribution in [3.63, 3.8) is 0 Å². The molecule has 3 rings (SSSR count). The van der Waals surface area contributed by atoms with Gasteiger partial charge in [0, 0.05) is 34.0 Å². The number of allylic oxidation sites excluding steroid dienone is 3. The molecule has 0 aromatic heterocycles. The van der Waals surface area contributed by atoms with E-state index < -0.39 is 53.6 Å². The number of carbonyl (C=O) groups excluding carboxylic acids is 3. The molecule has 0 radical (unpaired) electrons. The molecule has 2 heterocycles. The fourth-order valence-corrected chi connectivity index (χ4v) is 6.94. The highest BCUT2D eigenvalue weighted by atomic mass is 35.5. The third-order valence-corrected chi connectivity index (χ3v) is 10.7. The first-order chi connectivity index (χ1) is 24.3. The number of hydrogen-bond donors (Lipinski definition) is 4. The molecule has 8 atom stereocenters. The monoisotopic (exact) mass is 750 g/mol. The van der Waals surface area contributed by atoms with E-state index in [4.69, 9.17) is 36.3 Å². The van der Waals surface area contributed by atoms with E-state index in [2.05, 4.69) is 5.32 Å². The number of halogens is 1. The Kier molecular flexibility index (Phi) is 14.7. The van der Waals surface area contributed by atoms with Crippen molar-refractivity contribution >= 4 is 41.2 Å². The predicted molar refractivity (Wildman–Crippen MR) is 196 cm³/mol. The number of amides is 3. The molecule has 14 nitrogen and oxygen atoms in total. The molecule has 5 N–H and O–H groups in total. The number of nitrogens with one attached hydrogen (secondary N) is 1. The van der Waals surface area contributed by atoms with Crippen LogP contribution in [0.25, 0.3) is 0 Å². The third kappa shape index (κ3) is 10.0. The van der Waals surface area contributed by atoms with Crippen molar-refractivity contribution in [3.05, 3.63) is 46.5 Å². The maximum atomic E-state index is 14.1. The average molecular weight is 751 g/mol.